The summed E-state index contributed by atoms with van der Waals surface area (Å²) in [6, 6.07) is 14.2. The summed E-state index contributed by atoms with van der Waals surface area (Å²) in [7, 11) is 0. The molecule has 3 heterocycles. The van der Waals surface area contributed by atoms with Crippen LogP contribution in [0.4, 0.5) is 10.5 Å². The number of anilines is 1. The predicted octanol–water partition coefficient (Wildman–Crippen LogP) is 4.08. The summed E-state index contributed by atoms with van der Waals surface area (Å²) in [5, 5.41) is 16.9. The predicted molar refractivity (Wildman–Crippen MR) is 108 cm³/mol. The molecule has 8 nitrogen and oxygen atoms in total. The summed E-state index contributed by atoms with van der Waals surface area (Å²) in [6.45, 7) is 3.33. The quantitative estimate of drug-likeness (QED) is 0.511. The number of pyridine rings is 2. The minimum atomic E-state index is -1.18. The molecule has 0 fully saturated rings. The van der Waals surface area contributed by atoms with Crippen molar-refractivity contribution in [2.24, 2.45) is 0 Å². The van der Waals surface area contributed by atoms with Gasteiger partial charge in [0.1, 0.15) is 5.69 Å². The monoisotopic (exact) mass is 387 g/mol. The van der Waals surface area contributed by atoms with E-state index < -0.39 is 6.09 Å². The number of Topliss-reactive ketones (excluding diaryl/α,β-unsaturated/α-hetero) is 1. The maximum atomic E-state index is 11.7. The van der Waals surface area contributed by atoms with Crippen molar-refractivity contribution in [3.63, 3.8) is 0 Å². The molecule has 29 heavy (non-hydrogen) atoms. The number of nitrogens with one attached hydrogen (secondary N) is 1. The van der Waals surface area contributed by atoms with E-state index in [2.05, 4.69) is 20.4 Å². The van der Waals surface area contributed by atoms with Crippen molar-refractivity contribution in [1.29, 1.82) is 0 Å². The molecule has 0 aliphatic heterocycles. The molecule has 1 amide bonds. The zero-order chi connectivity index (χ0) is 20.5. The molecular formula is C21H17N5O3. The first-order chi connectivity index (χ1) is 13.9. The second-order valence-electron chi connectivity index (χ2n) is 6.56. The molecule has 0 unspecified atom stereocenters. The summed E-state index contributed by atoms with van der Waals surface area (Å²) < 4.78 is 1.61. The van der Waals surface area contributed by atoms with E-state index in [0.717, 1.165) is 5.69 Å². The third-order valence-electron chi connectivity index (χ3n) is 4.38. The van der Waals surface area contributed by atoms with E-state index in [9.17, 15) is 14.7 Å². The van der Waals surface area contributed by atoms with Gasteiger partial charge in [-0.25, -0.2) is 19.4 Å². The standard InChI is InChI=1S/C21H17N5O3/c1-12-5-3-8-20(22-12)26-11-15-18(24-21(28)29)9-14(10-19(15)25-26)17-7-4-6-16(23-17)13(2)27/h3-11,24H,1-2H3,(H,28,29). The van der Waals surface area contributed by atoms with E-state index in [1.165, 1.54) is 6.92 Å². The Bertz CT molecular complexity index is 1260. The van der Waals surface area contributed by atoms with E-state index in [4.69, 9.17) is 0 Å². The van der Waals surface area contributed by atoms with Crippen molar-refractivity contribution in [3.05, 3.63) is 66.1 Å². The van der Waals surface area contributed by atoms with Crippen molar-refractivity contribution < 1.29 is 14.7 Å². The molecule has 8 heteroatoms. The number of carbonyl (C=O) groups is 2. The molecule has 0 saturated carbocycles. The van der Waals surface area contributed by atoms with Gasteiger partial charge in [-0.05, 0) is 43.3 Å². The Morgan fingerprint density at radius 2 is 1.86 bits per heavy atom. The average molecular weight is 387 g/mol. The molecule has 2 N–H and O–H groups in total. The highest BCUT2D eigenvalue weighted by Gasteiger charge is 2.14. The summed E-state index contributed by atoms with van der Waals surface area (Å²) >= 11 is 0. The van der Waals surface area contributed by atoms with Crippen LogP contribution in [0.15, 0.2) is 54.7 Å². The first-order valence-electron chi connectivity index (χ1n) is 8.86. The highest BCUT2D eigenvalue weighted by atomic mass is 16.4. The lowest BCUT2D eigenvalue weighted by Crippen LogP contribution is -2.07. The minimum absolute atomic E-state index is 0.147. The SMILES string of the molecule is CC(=O)c1cccc(-c2cc(NC(=O)O)c3cn(-c4cccc(C)n4)nc3c2)n1. The molecule has 4 aromatic rings. The first kappa shape index (κ1) is 18.3. The first-order valence-corrected chi connectivity index (χ1v) is 8.86. The van der Waals surface area contributed by atoms with Gasteiger partial charge in [-0.1, -0.05) is 12.1 Å². The number of aryl methyl sites for hydroxylation is 1. The van der Waals surface area contributed by atoms with Gasteiger partial charge in [-0.3, -0.25) is 10.1 Å². The Labute approximate surface area is 165 Å². The molecule has 0 bridgehead atoms. The molecule has 0 radical (unpaired) electrons. The molecule has 1 aromatic carbocycles. The number of ketones is 1. The zero-order valence-electron chi connectivity index (χ0n) is 15.7. The molecule has 0 atom stereocenters. The minimum Gasteiger partial charge on any atom is -0.465 e. The van der Waals surface area contributed by atoms with E-state index in [1.54, 1.807) is 41.2 Å². The number of benzene rings is 1. The van der Waals surface area contributed by atoms with Crippen LogP contribution < -0.4 is 5.32 Å². The van der Waals surface area contributed by atoms with E-state index >= 15 is 0 Å². The van der Waals surface area contributed by atoms with Crippen LogP contribution in [0.5, 0.6) is 0 Å². The number of rotatable bonds is 4. The number of amides is 1. The topological polar surface area (TPSA) is 110 Å². The molecule has 144 valence electrons. The second-order valence-corrected chi connectivity index (χ2v) is 6.56. The van der Waals surface area contributed by atoms with Gasteiger partial charge < -0.3 is 5.11 Å². The molecule has 0 spiro atoms. The Balaban J connectivity index is 1.90. The van der Waals surface area contributed by atoms with Gasteiger partial charge in [0, 0.05) is 29.8 Å². The van der Waals surface area contributed by atoms with Gasteiger partial charge >= 0.3 is 6.09 Å². The number of hydrogen-bond acceptors (Lipinski definition) is 5. The molecule has 4 rings (SSSR count). The summed E-state index contributed by atoms with van der Waals surface area (Å²) in [5.41, 5.74) is 3.33. The third kappa shape index (κ3) is 3.68. The number of nitrogens with zero attached hydrogens (tertiary/aromatic N) is 4. The van der Waals surface area contributed by atoms with Gasteiger partial charge in [0.05, 0.1) is 16.9 Å². The van der Waals surface area contributed by atoms with Crippen molar-refractivity contribution in [2.75, 3.05) is 5.32 Å². The van der Waals surface area contributed by atoms with Crippen molar-refractivity contribution in [3.8, 4) is 17.1 Å². The zero-order valence-corrected chi connectivity index (χ0v) is 15.7. The molecule has 0 aliphatic rings. The fourth-order valence-corrected chi connectivity index (χ4v) is 3.06. The Kier molecular flexibility index (Phi) is 4.52. The number of carbonyl (C=O) groups excluding carboxylic acids is 1. The highest BCUT2D eigenvalue weighted by Crippen LogP contribution is 2.30. The smallest absolute Gasteiger partial charge is 0.409 e. The Morgan fingerprint density at radius 3 is 2.59 bits per heavy atom. The fourth-order valence-electron chi connectivity index (χ4n) is 3.06. The average Bonchev–Trinajstić information content (AvgIpc) is 3.12. The van der Waals surface area contributed by atoms with Crippen LogP contribution in [0.2, 0.25) is 0 Å². The molecule has 0 aliphatic carbocycles. The van der Waals surface area contributed by atoms with Crippen molar-refractivity contribution >= 4 is 28.5 Å². The molecule has 3 aromatic heterocycles. The number of aromatic nitrogens is 4. The molecule has 0 saturated heterocycles. The van der Waals surface area contributed by atoms with E-state index in [-0.39, 0.29) is 5.78 Å². The second kappa shape index (κ2) is 7.16. The summed E-state index contributed by atoms with van der Waals surface area (Å²) in [5.74, 6) is 0.479. The Morgan fingerprint density at radius 1 is 1.07 bits per heavy atom. The van der Waals surface area contributed by atoms with Gasteiger partial charge in [0.2, 0.25) is 0 Å². The van der Waals surface area contributed by atoms with Crippen LogP contribution in [0.3, 0.4) is 0 Å². The molecular weight excluding hydrogens is 370 g/mol. The number of hydrogen-bond donors (Lipinski definition) is 2. The lowest BCUT2D eigenvalue weighted by molar-refractivity contribution is 0.101. The van der Waals surface area contributed by atoms with Gasteiger partial charge in [0.15, 0.2) is 11.6 Å². The van der Waals surface area contributed by atoms with Crippen LogP contribution in [0.25, 0.3) is 28.0 Å². The Hall–Kier alpha value is -4.07. The van der Waals surface area contributed by atoms with Gasteiger partial charge in [-0.15, -0.1) is 0 Å². The van der Waals surface area contributed by atoms with Crippen LogP contribution in [0, 0.1) is 6.92 Å². The lowest BCUT2D eigenvalue weighted by Gasteiger charge is -2.07. The number of fused-ring (bicyclic) bond motifs is 1. The van der Waals surface area contributed by atoms with Gasteiger partial charge in [0.25, 0.3) is 0 Å². The maximum absolute atomic E-state index is 11.7. The highest BCUT2D eigenvalue weighted by molar-refractivity contribution is 6.01. The van der Waals surface area contributed by atoms with Crippen molar-refractivity contribution in [1.82, 2.24) is 19.7 Å². The van der Waals surface area contributed by atoms with E-state index in [1.807, 2.05) is 25.1 Å². The maximum Gasteiger partial charge on any atom is 0.409 e. The van der Waals surface area contributed by atoms with Crippen LogP contribution in [-0.4, -0.2) is 36.7 Å². The van der Waals surface area contributed by atoms with E-state index in [0.29, 0.717) is 39.4 Å². The fraction of sp³-hybridized carbons (Fsp3) is 0.0952. The number of carboxylic acid groups (broad SMARTS) is 1. The van der Waals surface area contributed by atoms with Crippen LogP contribution in [0.1, 0.15) is 23.1 Å². The van der Waals surface area contributed by atoms with Gasteiger partial charge in [-0.2, -0.15) is 5.10 Å². The normalized spacial score (nSPS) is 10.8. The summed E-state index contributed by atoms with van der Waals surface area (Å²) in [4.78, 5) is 31.8. The lowest BCUT2D eigenvalue weighted by atomic mass is 10.1. The van der Waals surface area contributed by atoms with Crippen molar-refractivity contribution in [2.45, 2.75) is 13.8 Å². The third-order valence-corrected chi connectivity index (χ3v) is 4.38. The van der Waals surface area contributed by atoms with Crippen LogP contribution >= 0.6 is 0 Å². The van der Waals surface area contributed by atoms with Crippen LogP contribution in [-0.2, 0) is 0 Å². The largest absolute Gasteiger partial charge is 0.465 e. The summed E-state index contributed by atoms with van der Waals surface area (Å²) in [6.07, 6.45) is 0.543.